The summed E-state index contributed by atoms with van der Waals surface area (Å²) in [4.78, 5) is 17.3. The molecular formula is C17H18N4O2. The van der Waals surface area contributed by atoms with Crippen LogP contribution in [0, 0.1) is 10.1 Å². The van der Waals surface area contributed by atoms with Crippen LogP contribution in [0.4, 0.5) is 11.6 Å². The van der Waals surface area contributed by atoms with Crippen LogP contribution in [0.5, 0.6) is 0 Å². The SMILES string of the molecule is CCc1ccc(CN(C)c2nc3ccccn3c2[N+](=O)[O-])cc1. The largest absolute Gasteiger partial charge is 0.372 e. The lowest BCUT2D eigenvalue weighted by Crippen LogP contribution is -2.18. The van der Waals surface area contributed by atoms with E-state index in [0.29, 0.717) is 18.0 Å². The molecule has 0 atom stereocenters. The summed E-state index contributed by atoms with van der Waals surface area (Å²) in [5.41, 5.74) is 2.94. The van der Waals surface area contributed by atoms with Crippen LogP contribution in [0.25, 0.3) is 5.65 Å². The second-order valence-electron chi connectivity index (χ2n) is 5.47. The third-order valence-electron chi connectivity index (χ3n) is 3.87. The Morgan fingerprint density at radius 3 is 2.52 bits per heavy atom. The number of aromatic nitrogens is 2. The Balaban J connectivity index is 1.95. The highest BCUT2D eigenvalue weighted by atomic mass is 16.6. The van der Waals surface area contributed by atoms with Crippen molar-refractivity contribution in [3.63, 3.8) is 0 Å². The number of imidazole rings is 1. The van der Waals surface area contributed by atoms with Crippen molar-refractivity contribution >= 4 is 17.3 Å². The van der Waals surface area contributed by atoms with E-state index in [4.69, 9.17) is 0 Å². The Morgan fingerprint density at radius 2 is 1.87 bits per heavy atom. The monoisotopic (exact) mass is 310 g/mol. The minimum atomic E-state index is -0.383. The summed E-state index contributed by atoms with van der Waals surface area (Å²) in [6.07, 6.45) is 2.65. The van der Waals surface area contributed by atoms with Crippen LogP contribution in [-0.4, -0.2) is 21.4 Å². The van der Waals surface area contributed by atoms with Crippen LogP contribution >= 0.6 is 0 Å². The fourth-order valence-corrected chi connectivity index (χ4v) is 2.63. The van der Waals surface area contributed by atoms with Crippen molar-refractivity contribution in [1.82, 2.24) is 9.38 Å². The fourth-order valence-electron chi connectivity index (χ4n) is 2.63. The highest BCUT2D eigenvalue weighted by molar-refractivity contribution is 5.63. The zero-order chi connectivity index (χ0) is 16.4. The summed E-state index contributed by atoms with van der Waals surface area (Å²) in [5.74, 6) is 0.369. The van der Waals surface area contributed by atoms with Gasteiger partial charge in [0.25, 0.3) is 0 Å². The molecule has 3 aromatic rings. The van der Waals surface area contributed by atoms with E-state index >= 15 is 0 Å². The first-order valence-electron chi connectivity index (χ1n) is 7.50. The summed E-state index contributed by atoms with van der Waals surface area (Å²) in [6, 6.07) is 13.6. The molecule has 3 rings (SSSR count). The molecule has 0 unspecified atom stereocenters. The molecule has 0 radical (unpaired) electrons. The highest BCUT2D eigenvalue weighted by Gasteiger charge is 2.25. The van der Waals surface area contributed by atoms with Gasteiger partial charge in [0.2, 0.25) is 11.5 Å². The minimum absolute atomic E-state index is 0.00622. The van der Waals surface area contributed by atoms with E-state index in [1.165, 1.54) is 9.96 Å². The van der Waals surface area contributed by atoms with Gasteiger partial charge in [-0.2, -0.15) is 9.38 Å². The molecule has 0 aliphatic rings. The average Bonchev–Trinajstić information content (AvgIpc) is 2.95. The molecule has 23 heavy (non-hydrogen) atoms. The molecule has 0 N–H and O–H groups in total. The number of hydrogen-bond acceptors (Lipinski definition) is 4. The van der Waals surface area contributed by atoms with Gasteiger partial charge in [0.05, 0.1) is 6.20 Å². The lowest BCUT2D eigenvalue weighted by atomic mass is 10.1. The molecule has 1 aromatic carbocycles. The number of anilines is 1. The zero-order valence-corrected chi connectivity index (χ0v) is 13.1. The van der Waals surface area contributed by atoms with Crippen molar-refractivity contribution < 1.29 is 4.92 Å². The van der Waals surface area contributed by atoms with Crippen molar-refractivity contribution in [3.05, 3.63) is 69.9 Å². The fraction of sp³-hybridized carbons (Fsp3) is 0.235. The lowest BCUT2D eigenvalue weighted by molar-refractivity contribution is -0.389. The number of hydrogen-bond donors (Lipinski definition) is 0. The van der Waals surface area contributed by atoms with Gasteiger partial charge < -0.3 is 15.0 Å². The van der Waals surface area contributed by atoms with Gasteiger partial charge in [-0.15, -0.1) is 0 Å². The minimum Gasteiger partial charge on any atom is -0.358 e. The molecule has 6 heteroatoms. The Labute approximate surface area is 134 Å². The number of nitrogens with zero attached hydrogens (tertiary/aromatic N) is 4. The Kier molecular flexibility index (Phi) is 3.97. The van der Waals surface area contributed by atoms with Crippen molar-refractivity contribution in [1.29, 1.82) is 0 Å². The molecule has 0 aliphatic heterocycles. The number of rotatable bonds is 5. The molecule has 6 nitrogen and oxygen atoms in total. The molecule has 0 saturated carbocycles. The van der Waals surface area contributed by atoms with Gasteiger partial charge in [-0.25, -0.2) is 0 Å². The molecule has 0 bridgehead atoms. The van der Waals surface area contributed by atoms with E-state index in [0.717, 1.165) is 12.0 Å². The summed E-state index contributed by atoms with van der Waals surface area (Å²) < 4.78 is 1.51. The Hall–Kier alpha value is -2.89. The maximum atomic E-state index is 11.5. The maximum Gasteiger partial charge on any atom is 0.372 e. The number of fused-ring (bicyclic) bond motifs is 1. The van der Waals surface area contributed by atoms with Crippen LogP contribution in [0.3, 0.4) is 0 Å². The first-order valence-corrected chi connectivity index (χ1v) is 7.50. The lowest BCUT2D eigenvalue weighted by Gasteiger charge is -2.16. The normalized spacial score (nSPS) is 10.9. The van der Waals surface area contributed by atoms with E-state index in [9.17, 15) is 10.1 Å². The molecule has 0 aliphatic carbocycles. The van der Waals surface area contributed by atoms with Crippen LogP contribution in [-0.2, 0) is 13.0 Å². The molecular weight excluding hydrogens is 292 g/mol. The Bertz CT molecular complexity index is 839. The second-order valence-corrected chi connectivity index (χ2v) is 5.47. The zero-order valence-electron chi connectivity index (χ0n) is 13.1. The van der Waals surface area contributed by atoms with E-state index < -0.39 is 0 Å². The summed E-state index contributed by atoms with van der Waals surface area (Å²) >= 11 is 0. The summed E-state index contributed by atoms with van der Waals surface area (Å²) in [5, 5.41) is 11.5. The predicted molar refractivity (Wildman–Crippen MR) is 89.8 cm³/mol. The van der Waals surface area contributed by atoms with Gasteiger partial charge in [0.1, 0.15) is 0 Å². The van der Waals surface area contributed by atoms with Crippen molar-refractivity contribution in [2.45, 2.75) is 19.9 Å². The molecule has 2 heterocycles. The summed E-state index contributed by atoms with van der Waals surface area (Å²) in [7, 11) is 1.82. The Morgan fingerprint density at radius 1 is 1.17 bits per heavy atom. The van der Waals surface area contributed by atoms with Crippen molar-refractivity contribution in [2.75, 3.05) is 11.9 Å². The van der Waals surface area contributed by atoms with Crippen molar-refractivity contribution in [3.8, 4) is 0 Å². The van der Waals surface area contributed by atoms with E-state index in [2.05, 4.69) is 36.2 Å². The van der Waals surface area contributed by atoms with Crippen molar-refractivity contribution in [2.24, 2.45) is 0 Å². The summed E-state index contributed by atoms with van der Waals surface area (Å²) in [6.45, 7) is 2.68. The van der Waals surface area contributed by atoms with Crippen LogP contribution in [0.2, 0.25) is 0 Å². The number of aryl methyl sites for hydroxylation is 1. The molecule has 0 fully saturated rings. The topological polar surface area (TPSA) is 63.7 Å². The third kappa shape index (κ3) is 2.88. The average molecular weight is 310 g/mol. The smallest absolute Gasteiger partial charge is 0.358 e. The standard InChI is InChI=1S/C17H18N4O2/c1-3-13-7-9-14(10-8-13)12-19(2)16-17(21(22)23)20-11-5-4-6-15(20)18-16/h4-11H,3,12H2,1-2H3. The van der Waals surface area contributed by atoms with Gasteiger partial charge in [-0.1, -0.05) is 37.3 Å². The number of pyridine rings is 1. The maximum absolute atomic E-state index is 11.5. The van der Waals surface area contributed by atoms with Gasteiger partial charge in [0, 0.05) is 19.7 Å². The van der Waals surface area contributed by atoms with E-state index in [1.54, 1.807) is 18.3 Å². The molecule has 118 valence electrons. The molecule has 0 amide bonds. The highest BCUT2D eigenvalue weighted by Crippen LogP contribution is 2.28. The number of benzene rings is 1. The van der Waals surface area contributed by atoms with Gasteiger partial charge in [0.15, 0.2) is 0 Å². The second kappa shape index (κ2) is 6.08. The van der Waals surface area contributed by atoms with Crippen LogP contribution in [0.15, 0.2) is 48.7 Å². The number of nitro groups is 1. The first kappa shape index (κ1) is 15.0. The van der Waals surface area contributed by atoms with Gasteiger partial charge in [-0.05, 0) is 28.5 Å². The predicted octanol–water partition coefficient (Wildman–Crippen LogP) is 3.44. The molecule has 2 aromatic heterocycles. The van der Waals surface area contributed by atoms with Crippen LogP contribution < -0.4 is 4.90 Å². The first-order chi connectivity index (χ1) is 11.1. The van der Waals surface area contributed by atoms with Gasteiger partial charge >= 0.3 is 5.82 Å². The van der Waals surface area contributed by atoms with E-state index in [1.807, 2.05) is 18.0 Å². The third-order valence-corrected chi connectivity index (χ3v) is 3.87. The molecule has 0 saturated heterocycles. The quantitative estimate of drug-likeness (QED) is 0.535. The van der Waals surface area contributed by atoms with Crippen LogP contribution in [0.1, 0.15) is 18.1 Å². The van der Waals surface area contributed by atoms with Gasteiger partial charge in [-0.3, -0.25) is 0 Å². The van der Waals surface area contributed by atoms with E-state index in [-0.39, 0.29) is 10.7 Å². The molecule has 0 spiro atoms.